The summed E-state index contributed by atoms with van der Waals surface area (Å²) in [6.07, 6.45) is -0.854. The van der Waals surface area contributed by atoms with Gasteiger partial charge in [-0.15, -0.1) is 11.3 Å². The number of esters is 1. The summed E-state index contributed by atoms with van der Waals surface area (Å²) in [5.41, 5.74) is 2.26. The summed E-state index contributed by atoms with van der Waals surface area (Å²) in [6, 6.07) is 9.25. The summed E-state index contributed by atoms with van der Waals surface area (Å²) >= 11 is 1.54. The number of anilines is 1. The van der Waals surface area contributed by atoms with Crippen LogP contribution < -0.4 is 5.32 Å². The molecule has 1 N–H and O–H groups in total. The summed E-state index contributed by atoms with van der Waals surface area (Å²) in [5.74, 6) is -0.808. The predicted molar refractivity (Wildman–Crippen MR) is 88.5 cm³/mol. The van der Waals surface area contributed by atoms with Crippen molar-refractivity contribution in [3.05, 3.63) is 51.2 Å². The van der Waals surface area contributed by atoms with Crippen LogP contribution in [0.1, 0.15) is 32.6 Å². The van der Waals surface area contributed by atoms with Crippen molar-refractivity contribution in [2.24, 2.45) is 0 Å². The summed E-state index contributed by atoms with van der Waals surface area (Å²) in [5, 5.41) is 2.75. The van der Waals surface area contributed by atoms with Crippen LogP contribution in [0.4, 0.5) is 5.69 Å². The van der Waals surface area contributed by atoms with E-state index < -0.39 is 12.1 Å². The Hall–Kier alpha value is -2.14. The van der Waals surface area contributed by atoms with Gasteiger partial charge in [0.1, 0.15) is 0 Å². The summed E-state index contributed by atoms with van der Waals surface area (Å²) in [6.45, 7) is 7.31. The van der Waals surface area contributed by atoms with Crippen LogP contribution >= 0.6 is 11.3 Å². The highest BCUT2D eigenvalue weighted by Gasteiger charge is 2.21. The molecule has 2 aromatic rings. The third kappa shape index (κ3) is 3.95. The van der Waals surface area contributed by atoms with Gasteiger partial charge >= 0.3 is 5.97 Å². The first-order valence-corrected chi connectivity index (χ1v) is 7.84. The fourth-order valence-corrected chi connectivity index (χ4v) is 2.99. The van der Waals surface area contributed by atoms with Gasteiger partial charge in [-0.25, -0.2) is 4.79 Å². The minimum Gasteiger partial charge on any atom is -0.449 e. The molecule has 1 aromatic heterocycles. The number of nitrogens with one attached hydrogen (secondary N) is 1. The van der Waals surface area contributed by atoms with Crippen LogP contribution in [0.3, 0.4) is 0 Å². The van der Waals surface area contributed by atoms with Gasteiger partial charge < -0.3 is 10.1 Å². The molecule has 0 unspecified atom stereocenters. The SMILES string of the molecule is Cc1cccc(NC(=O)[C@H](C)OC(=O)c2cc(C)sc2C)c1. The average molecular weight is 317 g/mol. The maximum absolute atomic E-state index is 12.1. The summed E-state index contributed by atoms with van der Waals surface area (Å²) in [4.78, 5) is 26.1. The van der Waals surface area contributed by atoms with Gasteiger partial charge in [-0.1, -0.05) is 12.1 Å². The fourth-order valence-electron chi connectivity index (χ4n) is 2.08. The van der Waals surface area contributed by atoms with Crippen LogP contribution in [0.2, 0.25) is 0 Å². The lowest BCUT2D eigenvalue weighted by molar-refractivity contribution is -0.123. The number of aryl methyl sites for hydroxylation is 3. The summed E-state index contributed by atoms with van der Waals surface area (Å²) < 4.78 is 5.25. The molecule has 0 saturated carbocycles. The molecule has 2 rings (SSSR count). The Balaban J connectivity index is 1.99. The van der Waals surface area contributed by atoms with Crippen LogP contribution in [0.15, 0.2) is 30.3 Å². The number of rotatable bonds is 4. The maximum atomic E-state index is 12.1. The van der Waals surface area contributed by atoms with E-state index in [1.807, 2.05) is 39.0 Å². The van der Waals surface area contributed by atoms with E-state index in [4.69, 9.17) is 4.74 Å². The smallest absolute Gasteiger partial charge is 0.340 e. The van der Waals surface area contributed by atoms with Gasteiger partial charge in [-0.05, 0) is 51.5 Å². The van der Waals surface area contributed by atoms with Crippen molar-refractivity contribution in [1.29, 1.82) is 0 Å². The quantitative estimate of drug-likeness (QED) is 0.871. The van der Waals surface area contributed by atoms with E-state index >= 15 is 0 Å². The zero-order chi connectivity index (χ0) is 16.3. The first kappa shape index (κ1) is 16.2. The zero-order valence-electron chi connectivity index (χ0n) is 13.1. The second-order valence-electron chi connectivity index (χ2n) is 5.23. The predicted octanol–water partition coefficient (Wildman–Crippen LogP) is 3.86. The number of ether oxygens (including phenoxy) is 1. The van der Waals surface area contributed by atoms with Crippen molar-refractivity contribution in [3.8, 4) is 0 Å². The highest BCUT2D eigenvalue weighted by atomic mass is 32.1. The first-order chi connectivity index (χ1) is 10.4. The zero-order valence-corrected chi connectivity index (χ0v) is 13.9. The maximum Gasteiger partial charge on any atom is 0.340 e. The Morgan fingerprint density at radius 3 is 2.50 bits per heavy atom. The molecule has 0 spiro atoms. The third-order valence-corrected chi connectivity index (χ3v) is 4.17. The van der Waals surface area contributed by atoms with Crippen LogP contribution in [-0.2, 0) is 9.53 Å². The summed E-state index contributed by atoms with van der Waals surface area (Å²) in [7, 11) is 0. The van der Waals surface area contributed by atoms with E-state index in [0.717, 1.165) is 15.3 Å². The molecule has 0 aliphatic heterocycles. The molecule has 0 bridgehead atoms. The number of carbonyl (C=O) groups excluding carboxylic acids is 2. The van der Waals surface area contributed by atoms with Crippen molar-refractivity contribution in [2.45, 2.75) is 33.8 Å². The van der Waals surface area contributed by atoms with Gasteiger partial charge in [0.25, 0.3) is 5.91 Å². The molecule has 5 heteroatoms. The molecule has 0 saturated heterocycles. The Kier molecular flexibility index (Phi) is 4.98. The largest absolute Gasteiger partial charge is 0.449 e. The topological polar surface area (TPSA) is 55.4 Å². The minimum absolute atomic E-state index is 0.344. The van der Waals surface area contributed by atoms with Gasteiger partial charge in [-0.3, -0.25) is 4.79 Å². The van der Waals surface area contributed by atoms with Gasteiger partial charge in [0, 0.05) is 15.4 Å². The van der Waals surface area contributed by atoms with E-state index in [1.165, 1.54) is 11.3 Å². The van der Waals surface area contributed by atoms with Gasteiger partial charge in [0.15, 0.2) is 6.10 Å². The van der Waals surface area contributed by atoms with E-state index in [9.17, 15) is 9.59 Å². The number of benzene rings is 1. The molecule has 4 nitrogen and oxygen atoms in total. The van der Waals surface area contributed by atoms with Crippen LogP contribution in [0, 0.1) is 20.8 Å². The molecule has 22 heavy (non-hydrogen) atoms. The monoisotopic (exact) mass is 317 g/mol. The number of thiophene rings is 1. The molecule has 0 aliphatic rings. The lowest BCUT2D eigenvalue weighted by atomic mass is 10.2. The van der Waals surface area contributed by atoms with Crippen molar-refractivity contribution in [3.63, 3.8) is 0 Å². The number of carbonyl (C=O) groups is 2. The number of amides is 1. The third-order valence-electron chi connectivity index (χ3n) is 3.20. The lowest BCUT2D eigenvalue weighted by Crippen LogP contribution is -2.30. The highest BCUT2D eigenvalue weighted by Crippen LogP contribution is 2.22. The molecule has 1 atom stereocenters. The Bertz CT molecular complexity index is 706. The molecule has 0 aliphatic carbocycles. The molecule has 116 valence electrons. The molecule has 1 amide bonds. The van der Waals surface area contributed by atoms with Gasteiger partial charge in [-0.2, -0.15) is 0 Å². The molecular weight excluding hydrogens is 298 g/mol. The highest BCUT2D eigenvalue weighted by molar-refractivity contribution is 7.12. The lowest BCUT2D eigenvalue weighted by Gasteiger charge is -2.13. The molecule has 1 aromatic carbocycles. The Morgan fingerprint density at radius 1 is 1.18 bits per heavy atom. The van der Waals surface area contributed by atoms with E-state index in [-0.39, 0.29) is 5.91 Å². The Morgan fingerprint density at radius 2 is 1.91 bits per heavy atom. The second kappa shape index (κ2) is 6.75. The van der Waals surface area contributed by atoms with Crippen LogP contribution in [0.25, 0.3) is 0 Å². The van der Waals surface area contributed by atoms with Crippen molar-refractivity contribution >= 4 is 28.9 Å². The van der Waals surface area contributed by atoms with E-state index in [1.54, 1.807) is 19.1 Å². The minimum atomic E-state index is -0.854. The molecule has 1 heterocycles. The normalized spacial score (nSPS) is 11.8. The average Bonchev–Trinajstić information content (AvgIpc) is 2.77. The van der Waals surface area contributed by atoms with E-state index in [0.29, 0.717) is 11.3 Å². The van der Waals surface area contributed by atoms with Crippen LogP contribution in [0.5, 0.6) is 0 Å². The van der Waals surface area contributed by atoms with Crippen molar-refractivity contribution in [1.82, 2.24) is 0 Å². The van der Waals surface area contributed by atoms with Crippen LogP contribution in [-0.4, -0.2) is 18.0 Å². The fraction of sp³-hybridized carbons (Fsp3) is 0.294. The van der Waals surface area contributed by atoms with Gasteiger partial charge in [0.2, 0.25) is 0 Å². The second-order valence-corrected chi connectivity index (χ2v) is 6.69. The number of hydrogen-bond acceptors (Lipinski definition) is 4. The number of hydrogen-bond donors (Lipinski definition) is 1. The van der Waals surface area contributed by atoms with Crippen molar-refractivity contribution < 1.29 is 14.3 Å². The molecule has 0 fully saturated rings. The van der Waals surface area contributed by atoms with Crippen molar-refractivity contribution in [2.75, 3.05) is 5.32 Å². The van der Waals surface area contributed by atoms with E-state index in [2.05, 4.69) is 5.32 Å². The van der Waals surface area contributed by atoms with Gasteiger partial charge in [0.05, 0.1) is 5.56 Å². The molecule has 0 radical (unpaired) electrons. The first-order valence-electron chi connectivity index (χ1n) is 7.02. The Labute approximate surface area is 134 Å². The standard InChI is InChI=1S/C17H19NO3S/c1-10-6-5-7-14(8-10)18-16(19)12(3)21-17(20)15-9-11(2)22-13(15)4/h5-9,12H,1-4H3,(H,18,19)/t12-/m0/s1. The molecular formula is C17H19NO3S.